The second kappa shape index (κ2) is 7.35. The third kappa shape index (κ3) is 4.69. The van der Waals surface area contributed by atoms with Gasteiger partial charge in [0.05, 0.1) is 12.8 Å². The van der Waals surface area contributed by atoms with Crippen LogP contribution in [-0.4, -0.2) is 28.0 Å². The zero-order chi connectivity index (χ0) is 15.9. The predicted molar refractivity (Wildman–Crippen MR) is 85.4 cm³/mol. The van der Waals surface area contributed by atoms with E-state index < -0.39 is 5.69 Å². The van der Waals surface area contributed by atoms with Gasteiger partial charge in [0.2, 0.25) is 0 Å². The van der Waals surface area contributed by atoms with Gasteiger partial charge >= 0.3 is 5.69 Å². The van der Waals surface area contributed by atoms with E-state index in [1.54, 1.807) is 13.1 Å². The lowest BCUT2D eigenvalue weighted by molar-refractivity contribution is 0.271. The van der Waals surface area contributed by atoms with Crippen molar-refractivity contribution in [3.63, 3.8) is 0 Å². The van der Waals surface area contributed by atoms with E-state index in [1.807, 2.05) is 24.3 Å². The minimum atomic E-state index is -0.521. The van der Waals surface area contributed by atoms with Crippen molar-refractivity contribution in [1.29, 1.82) is 0 Å². The minimum Gasteiger partial charge on any atom is -0.493 e. The fraction of sp³-hybridized carbons (Fsp3) is 0.333. The van der Waals surface area contributed by atoms with Gasteiger partial charge in [-0.15, -0.1) is 0 Å². The first-order chi connectivity index (χ1) is 10.5. The van der Waals surface area contributed by atoms with Crippen LogP contribution >= 0.6 is 0 Å². The van der Waals surface area contributed by atoms with E-state index >= 15 is 0 Å². The van der Waals surface area contributed by atoms with Crippen LogP contribution in [0.1, 0.15) is 25.1 Å². The van der Waals surface area contributed by atoms with Crippen LogP contribution < -0.4 is 15.9 Å². The number of ether oxygens (including phenoxy) is 1. The Hall–Kier alpha value is -2.70. The van der Waals surface area contributed by atoms with E-state index in [9.17, 15) is 4.79 Å². The van der Waals surface area contributed by atoms with E-state index in [0.29, 0.717) is 24.0 Å². The van der Waals surface area contributed by atoms with Crippen molar-refractivity contribution in [2.45, 2.75) is 20.8 Å². The third-order valence-corrected chi connectivity index (χ3v) is 2.70. The van der Waals surface area contributed by atoms with Crippen molar-refractivity contribution >= 4 is 12.0 Å². The van der Waals surface area contributed by atoms with Crippen molar-refractivity contribution in [3.05, 3.63) is 46.0 Å². The van der Waals surface area contributed by atoms with Crippen molar-refractivity contribution in [3.8, 4) is 5.75 Å². The number of hydrogen-bond donors (Lipinski definition) is 2. The highest BCUT2D eigenvalue weighted by Crippen LogP contribution is 2.13. The van der Waals surface area contributed by atoms with E-state index in [1.165, 1.54) is 0 Å². The average Bonchev–Trinajstić information content (AvgIpc) is 2.49. The van der Waals surface area contributed by atoms with Gasteiger partial charge in [-0.05, 0) is 30.5 Å². The van der Waals surface area contributed by atoms with Gasteiger partial charge < -0.3 is 4.74 Å². The van der Waals surface area contributed by atoms with Gasteiger partial charge in [0.25, 0.3) is 0 Å². The topological polar surface area (TPSA) is 92.3 Å². The summed E-state index contributed by atoms with van der Waals surface area (Å²) in [6.07, 6.45) is 1.63. The maximum Gasteiger partial charge on any atom is 0.363 e. The Morgan fingerprint density at radius 2 is 2.27 bits per heavy atom. The summed E-state index contributed by atoms with van der Waals surface area (Å²) in [5.41, 5.74) is 3.63. The van der Waals surface area contributed by atoms with Crippen LogP contribution in [0.15, 0.2) is 34.2 Å². The zero-order valence-corrected chi connectivity index (χ0v) is 12.8. The first kappa shape index (κ1) is 15.7. The first-order valence-electron chi connectivity index (χ1n) is 7.00. The Kier molecular flexibility index (Phi) is 5.24. The molecule has 2 rings (SSSR count). The molecule has 22 heavy (non-hydrogen) atoms. The second-order valence-corrected chi connectivity index (χ2v) is 5.22. The van der Waals surface area contributed by atoms with Crippen molar-refractivity contribution in [2.24, 2.45) is 11.0 Å². The van der Waals surface area contributed by atoms with Crippen LogP contribution in [0.3, 0.4) is 0 Å². The minimum absolute atomic E-state index is 0.326. The Morgan fingerprint density at radius 1 is 1.45 bits per heavy atom. The Balaban J connectivity index is 2.02. The SMILES string of the molecule is Cc1n[nH]c(=O)nc1N/N=C/c1cccc(OCC(C)C)c1. The highest BCUT2D eigenvalue weighted by atomic mass is 16.5. The molecule has 0 unspecified atom stereocenters. The summed E-state index contributed by atoms with van der Waals surface area (Å²) in [5.74, 6) is 1.59. The van der Waals surface area contributed by atoms with Crippen molar-refractivity contribution in [1.82, 2.24) is 15.2 Å². The fourth-order valence-corrected chi connectivity index (χ4v) is 1.61. The molecule has 0 radical (unpaired) electrons. The molecule has 0 saturated heterocycles. The number of nitrogens with one attached hydrogen (secondary N) is 2. The van der Waals surface area contributed by atoms with Crippen LogP contribution in [0.5, 0.6) is 5.75 Å². The van der Waals surface area contributed by atoms with Gasteiger partial charge in [0, 0.05) is 0 Å². The molecule has 0 bridgehead atoms. The maximum absolute atomic E-state index is 11.1. The number of hydrazone groups is 1. The molecular weight excluding hydrogens is 282 g/mol. The molecule has 7 nitrogen and oxygen atoms in total. The number of H-pyrrole nitrogens is 1. The molecule has 0 atom stereocenters. The number of hydrogen-bond acceptors (Lipinski definition) is 6. The van der Waals surface area contributed by atoms with Gasteiger partial charge in [-0.2, -0.15) is 15.2 Å². The van der Waals surface area contributed by atoms with Crippen molar-refractivity contribution < 1.29 is 4.74 Å². The fourth-order valence-electron chi connectivity index (χ4n) is 1.61. The number of benzene rings is 1. The zero-order valence-electron chi connectivity index (χ0n) is 12.8. The first-order valence-corrected chi connectivity index (χ1v) is 7.00. The Morgan fingerprint density at radius 3 is 3.05 bits per heavy atom. The number of nitrogens with zero attached hydrogens (tertiary/aromatic N) is 3. The molecule has 2 aromatic rings. The van der Waals surface area contributed by atoms with Gasteiger partial charge in [-0.25, -0.2) is 9.89 Å². The summed E-state index contributed by atoms with van der Waals surface area (Å²) in [6.45, 7) is 6.59. The summed E-state index contributed by atoms with van der Waals surface area (Å²) < 4.78 is 5.66. The molecule has 2 N–H and O–H groups in total. The lowest BCUT2D eigenvalue weighted by atomic mass is 10.2. The summed E-state index contributed by atoms with van der Waals surface area (Å²) >= 11 is 0. The Labute approximate surface area is 128 Å². The largest absolute Gasteiger partial charge is 0.493 e. The van der Waals surface area contributed by atoms with Gasteiger partial charge in [-0.1, -0.05) is 26.0 Å². The number of aromatic nitrogens is 3. The number of anilines is 1. The van der Waals surface area contributed by atoms with Gasteiger partial charge in [0.1, 0.15) is 11.4 Å². The summed E-state index contributed by atoms with van der Waals surface area (Å²) in [7, 11) is 0. The molecule has 0 spiro atoms. The maximum atomic E-state index is 11.1. The molecule has 7 heteroatoms. The van der Waals surface area contributed by atoms with E-state index in [0.717, 1.165) is 11.3 Å². The lowest BCUT2D eigenvalue weighted by Crippen LogP contribution is -2.15. The predicted octanol–water partition coefficient (Wildman–Crippen LogP) is 1.95. The standard InChI is InChI=1S/C15H19N5O2/c1-10(2)9-22-13-6-4-5-12(7-13)8-16-19-14-11(3)18-20-15(21)17-14/h4-8,10H,9H2,1-3H3,(H2,17,19,20,21)/b16-8+. The van der Waals surface area contributed by atoms with E-state index in [-0.39, 0.29) is 0 Å². The van der Waals surface area contributed by atoms with Crippen LogP contribution in [-0.2, 0) is 0 Å². The summed E-state index contributed by atoms with van der Waals surface area (Å²) in [4.78, 5) is 14.9. The van der Waals surface area contributed by atoms with Crippen LogP contribution in [0.25, 0.3) is 0 Å². The van der Waals surface area contributed by atoms with Gasteiger partial charge in [-0.3, -0.25) is 5.43 Å². The van der Waals surface area contributed by atoms with Crippen LogP contribution in [0, 0.1) is 12.8 Å². The van der Waals surface area contributed by atoms with E-state index in [2.05, 4.69) is 39.6 Å². The molecule has 0 aliphatic carbocycles. The normalized spacial score (nSPS) is 11.1. The number of aromatic amines is 1. The van der Waals surface area contributed by atoms with Crippen molar-refractivity contribution in [2.75, 3.05) is 12.0 Å². The highest BCUT2D eigenvalue weighted by molar-refractivity contribution is 5.80. The molecular formula is C15H19N5O2. The molecule has 0 aliphatic heterocycles. The molecule has 1 aromatic heterocycles. The molecule has 1 heterocycles. The highest BCUT2D eigenvalue weighted by Gasteiger charge is 2.01. The number of rotatable bonds is 6. The van der Waals surface area contributed by atoms with Crippen LogP contribution in [0.2, 0.25) is 0 Å². The summed E-state index contributed by atoms with van der Waals surface area (Å²) in [5, 5.41) is 10.1. The lowest BCUT2D eigenvalue weighted by Gasteiger charge is -2.08. The molecule has 0 aliphatic rings. The quantitative estimate of drug-likeness (QED) is 0.628. The second-order valence-electron chi connectivity index (χ2n) is 5.22. The van der Waals surface area contributed by atoms with E-state index in [4.69, 9.17) is 4.74 Å². The number of aryl methyl sites for hydroxylation is 1. The smallest absolute Gasteiger partial charge is 0.363 e. The van der Waals surface area contributed by atoms with Gasteiger partial charge in [0.15, 0.2) is 5.82 Å². The summed E-state index contributed by atoms with van der Waals surface area (Å²) in [6, 6.07) is 7.60. The molecule has 0 fully saturated rings. The van der Waals surface area contributed by atoms with Crippen LogP contribution in [0.4, 0.5) is 5.82 Å². The molecule has 116 valence electrons. The third-order valence-electron chi connectivity index (χ3n) is 2.70. The Bertz CT molecular complexity index is 709. The molecule has 1 aromatic carbocycles. The molecule has 0 amide bonds. The monoisotopic (exact) mass is 301 g/mol. The average molecular weight is 301 g/mol. The molecule has 0 saturated carbocycles.